The van der Waals surface area contributed by atoms with Crippen molar-refractivity contribution in [2.45, 2.75) is 59.2 Å². The molecule has 0 rings (SSSR count). The first-order chi connectivity index (χ1) is 5.59. The van der Waals surface area contributed by atoms with Crippen molar-refractivity contribution in [3.8, 4) is 0 Å². The minimum atomic E-state index is -0.784. The summed E-state index contributed by atoms with van der Waals surface area (Å²) >= 11 is 0. The van der Waals surface area contributed by atoms with E-state index >= 15 is 0 Å². The van der Waals surface area contributed by atoms with Gasteiger partial charge in [-0.05, 0) is 25.7 Å². The lowest BCUT2D eigenvalue weighted by atomic mass is 9.77. The molecule has 0 aliphatic heterocycles. The lowest BCUT2D eigenvalue weighted by Crippen LogP contribution is -2.43. The average Bonchev–Trinajstić information content (AvgIpc) is 1.83. The largest absolute Gasteiger partial charge is 0.390 e. The van der Waals surface area contributed by atoms with Crippen LogP contribution in [0.3, 0.4) is 0 Å². The van der Waals surface area contributed by atoms with E-state index in [0.717, 1.165) is 0 Å². The minimum Gasteiger partial charge on any atom is -0.390 e. The molecule has 0 unspecified atom stereocenters. The van der Waals surface area contributed by atoms with Crippen molar-refractivity contribution in [3.05, 3.63) is 0 Å². The molecule has 0 saturated heterocycles. The molecule has 0 radical (unpaired) electrons. The van der Waals surface area contributed by atoms with Crippen molar-refractivity contribution in [1.82, 2.24) is 0 Å². The highest BCUT2D eigenvalue weighted by Gasteiger charge is 2.36. The summed E-state index contributed by atoms with van der Waals surface area (Å²) in [6.45, 7) is 11.4. The van der Waals surface area contributed by atoms with Gasteiger partial charge in [-0.15, -0.1) is 0 Å². The number of rotatable bonds is 4. The van der Waals surface area contributed by atoms with Crippen molar-refractivity contribution in [1.29, 1.82) is 0 Å². The zero-order chi connectivity index (χ0) is 10.9. The Kier molecular flexibility index (Phi) is 3.95. The molecule has 0 heterocycles. The fourth-order valence-electron chi connectivity index (χ4n) is 1.13. The maximum absolute atomic E-state index is 10.0. The second-order valence-electron chi connectivity index (χ2n) is 5.20. The Morgan fingerprint density at radius 1 is 0.846 bits per heavy atom. The van der Waals surface area contributed by atoms with Gasteiger partial charge in [-0.3, -0.25) is 0 Å². The van der Waals surface area contributed by atoms with Crippen LogP contribution in [-0.2, 0) is 0 Å². The molecule has 0 fully saturated rings. The maximum atomic E-state index is 10.0. The highest BCUT2D eigenvalue weighted by atomic mass is 16.3. The number of hydrogen-bond donors (Lipinski definition) is 2. The smallest absolute Gasteiger partial charge is 0.0669 e. The fraction of sp³-hybridized carbons (Fsp3) is 1.00. The van der Waals surface area contributed by atoms with Crippen LogP contribution in [0.2, 0.25) is 0 Å². The second kappa shape index (κ2) is 3.97. The summed E-state index contributed by atoms with van der Waals surface area (Å²) in [6, 6.07) is 0. The molecule has 0 bridgehead atoms. The van der Waals surface area contributed by atoms with Gasteiger partial charge >= 0.3 is 0 Å². The van der Waals surface area contributed by atoms with Crippen molar-refractivity contribution in [2.24, 2.45) is 11.8 Å². The third-order valence-corrected chi connectivity index (χ3v) is 3.20. The normalized spacial score (nSPS) is 21.7. The van der Waals surface area contributed by atoms with Gasteiger partial charge in [0, 0.05) is 6.42 Å². The molecule has 0 aromatic carbocycles. The van der Waals surface area contributed by atoms with Gasteiger partial charge in [0.05, 0.1) is 11.2 Å². The molecule has 2 N–H and O–H groups in total. The van der Waals surface area contributed by atoms with Crippen LogP contribution in [0.25, 0.3) is 0 Å². The van der Waals surface area contributed by atoms with Crippen molar-refractivity contribution < 1.29 is 10.2 Å². The van der Waals surface area contributed by atoms with Gasteiger partial charge in [0.1, 0.15) is 0 Å². The standard InChI is InChI=1S/C11H24O2/c1-8(2)10(5,12)7-11(6,13)9(3)4/h8-9,12-13H,7H2,1-6H3/t10-,11+. The van der Waals surface area contributed by atoms with Crippen molar-refractivity contribution >= 4 is 0 Å². The molecule has 0 spiro atoms. The average molecular weight is 188 g/mol. The molecule has 0 aliphatic rings. The summed E-state index contributed by atoms with van der Waals surface area (Å²) in [6.07, 6.45) is 0.426. The first-order valence-corrected chi connectivity index (χ1v) is 5.04. The van der Waals surface area contributed by atoms with Gasteiger partial charge in [-0.1, -0.05) is 27.7 Å². The summed E-state index contributed by atoms with van der Waals surface area (Å²) in [7, 11) is 0. The van der Waals surface area contributed by atoms with Crippen molar-refractivity contribution in [2.75, 3.05) is 0 Å². The Bertz CT molecular complexity index is 139. The van der Waals surface area contributed by atoms with E-state index in [1.165, 1.54) is 0 Å². The van der Waals surface area contributed by atoms with Crippen LogP contribution >= 0.6 is 0 Å². The zero-order valence-electron chi connectivity index (χ0n) is 9.76. The number of hydrogen-bond acceptors (Lipinski definition) is 2. The van der Waals surface area contributed by atoms with Crippen LogP contribution in [0.4, 0.5) is 0 Å². The van der Waals surface area contributed by atoms with E-state index in [4.69, 9.17) is 0 Å². The Balaban J connectivity index is 4.42. The van der Waals surface area contributed by atoms with E-state index in [0.29, 0.717) is 6.42 Å². The monoisotopic (exact) mass is 188 g/mol. The Morgan fingerprint density at radius 3 is 1.23 bits per heavy atom. The molecule has 2 heteroatoms. The lowest BCUT2D eigenvalue weighted by molar-refractivity contribution is -0.0887. The van der Waals surface area contributed by atoms with Gasteiger partial charge in [0.2, 0.25) is 0 Å². The van der Waals surface area contributed by atoms with E-state index in [1.54, 1.807) is 13.8 Å². The molecular weight excluding hydrogens is 164 g/mol. The first-order valence-electron chi connectivity index (χ1n) is 5.04. The Labute approximate surface area is 82.0 Å². The summed E-state index contributed by atoms with van der Waals surface area (Å²) in [5.41, 5.74) is -1.57. The topological polar surface area (TPSA) is 40.5 Å². The van der Waals surface area contributed by atoms with Gasteiger partial charge in [0.15, 0.2) is 0 Å². The van der Waals surface area contributed by atoms with Gasteiger partial charge < -0.3 is 10.2 Å². The second-order valence-corrected chi connectivity index (χ2v) is 5.20. The third-order valence-electron chi connectivity index (χ3n) is 3.20. The first kappa shape index (κ1) is 12.9. The lowest BCUT2D eigenvalue weighted by Gasteiger charge is -2.37. The van der Waals surface area contributed by atoms with E-state index < -0.39 is 11.2 Å². The third kappa shape index (κ3) is 3.65. The number of aliphatic hydroxyl groups is 2. The summed E-state index contributed by atoms with van der Waals surface area (Å²) in [4.78, 5) is 0. The highest BCUT2D eigenvalue weighted by molar-refractivity contribution is 4.88. The van der Waals surface area contributed by atoms with Crippen molar-refractivity contribution in [3.63, 3.8) is 0 Å². The molecule has 2 atom stereocenters. The van der Waals surface area contributed by atoms with E-state index in [9.17, 15) is 10.2 Å². The minimum absolute atomic E-state index is 0.165. The summed E-state index contributed by atoms with van der Waals surface area (Å²) in [5, 5.41) is 20.0. The SMILES string of the molecule is CC(C)[C@@](C)(O)C[C@@](C)(O)C(C)C. The van der Waals surface area contributed by atoms with E-state index in [2.05, 4.69) is 0 Å². The summed E-state index contributed by atoms with van der Waals surface area (Å²) in [5.74, 6) is 0.329. The van der Waals surface area contributed by atoms with E-state index in [-0.39, 0.29) is 11.8 Å². The quantitative estimate of drug-likeness (QED) is 0.710. The molecule has 80 valence electrons. The van der Waals surface area contributed by atoms with Crippen LogP contribution in [0.15, 0.2) is 0 Å². The van der Waals surface area contributed by atoms with Crippen LogP contribution in [0, 0.1) is 11.8 Å². The highest BCUT2D eigenvalue weighted by Crippen LogP contribution is 2.31. The van der Waals surface area contributed by atoms with Crippen LogP contribution in [0.5, 0.6) is 0 Å². The predicted molar refractivity (Wildman–Crippen MR) is 55.5 cm³/mol. The van der Waals surface area contributed by atoms with Gasteiger partial charge in [0.25, 0.3) is 0 Å². The van der Waals surface area contributed by atoms with Crippen LogP contribution < -0.4 is 0 Å². The predicted octanol–water partition coefficient (Wildman–Crippen LogP) is 2.19. The molecule has 0 saturated carbocycles. The van der Waals surface area contributed by atoms with Crippen LogP contribution in [0.1, 0.15) is 48.0 Å². The molecule has 0 aliphatic carbocycles. The molecular formula is C11H24O2. The molecule has 0 aromatic rings. The molecule has 0 amide bonds. The zero-order valence-corrected chi connectivity index (χ0v) is 9.76. The molecule has 0 aromatic heterocycles. The van der Waals surface area contributed by atoms with E-state index in [1.807, 2.05) is 27.7 Å². The Morgan fingerprint density at radius 2 is 1.08 bits per heavy atom. The fourth-order valence-corrected chi connectivity index (χ4v) is 1.13. The van der Waals surface area contributed by atoms with Crippen LogP contribution in [-0.4, -0.2) is 21.4 Å². The van der Waals surface area contributed by atoms with Gasteiger partial charge in [-0.2, -0.15) is 0 Å². The Hall–Kier alpha value is -0.0800. The molecule has 13 heavy (non-hydrogen) atoms. The van der Waals surface area contributed by atoms with Gasteiger partial charge in [-0.25, -0.2) is 0 Å². The maximum Gasteiger partial charge on any atom is 0.0669 e. The molecule has 2 nitrogen and oxygen atoms in total. The summed E-state index contributed by atoms with van der Waals surface area (Å²) < 4.78 is 0.